The van der Waals surface area contributed by atoms with Crippen LogP contribution in [0.15, 0.2) is 58.3 Å². The van der Waals surface area contributed by atoms with Gasteiger partial charge in [-0.1, -0.05) is 38.5 Å². The summed E-state index contributed by atoms with van der Waals surface area (Å²) in [6, 6.07) is 14.2. The van der Waals surface area contributed by atoms with Crippen LogP contribution in [0.4, 0.5) is 5.13 Å². The topological polar surface area (TPSA) is 79.4 Å². The molecule has 168 valence electrons. The van der Waals surface area contributed by atoms with Gasteiger partial charge in [-0.25, -0.2) is 13.4 Å². The van der Waals surface area contributed by atoms with E-state index in [2.05, 4.69) is 16.4 Å². The fraction of sp³-hybridized carbons (Fsp3) is 0.304. The molecule has 0 saturated heterocycles. The largest absolute Gasteiger partial charge is 0.298 e. The van der Waals surface area contributed by atoms with Crippen LogP contribution in [0.2, 0.25) is 0 Å². The van der Waals surface area contributed by atoms with E-state index < -0.39 is 10.0 Å². The van der Waals surface area contributed by atoms with Gasteiger partial charge in [-0.2, -0.15) is 4.31 Å². The fourth-order valence-electron chi connectivity index (χ4n) is 3.52. The molecule has 1 aliphatic heterocycles. The lowest BCUT2D eigenvalue weighted by Crippen LogP contribution is -2.31. The number of hydrogen-bond donors (Lipinski definition) is 1. The Morgan fingerprint density at radius 2 is 1.88 bits per heavy atom. The van der Waals surface area contributed by atoms with Crippen LogP contribution in [0.5, 0.6) is 0 Å². The maximum absolute atomic E-state index is 12.9. The number of nitrogens with zero attached hydrogens (tertiary/aromatic N) is 2. The average molecular weight is 488 g/mol. The first kappa shape index (κ1) is 23.0. The van der Waals surface area contributed by atoms with E-state index in [0.29, 0.717) is 23.8 Å². The summed E-state index contributed by atoms with van der Waals surface area (Å²) >= 11 is 3.25. The van der Waals surface area contributed by atoms with Crippen molar-refractivity contribution in [1.82, 2.24) is 9.29 Å². The zero-order chi connectivity index (χ0) is 22.7. The minimum atomic E-state index is -3.57. The van der Waals surface area contributed by atoms with E-state index in [1.165, 1.54) is 32.7 Å². The molecule has 0 fully saturated rings. The highest BCUT2D eigenvalue weighted by Gasteiger charge is 2.24. The Morgan fingerprint density at radius 3 is 2.59 bits per heavy atom. The number of amides is 1. The number of sulfonamides is 1. The van der Waals surface area contributed by atoms with Gasteiger partial charge in [0.25, 0.3) is 5.91 Å². The molecular formula is C23H25N3O3S3. The van der Waals surface area contributed by atoms with Gasteiger partial charge in [0.15, 0.2) is 5.13 Å². The molecule has 6 nitrogen and oxygen atoms in total. The molecule has 1 aliphatic rings. The predicted octanol–water partition coefficient (Wildman–Crippen LogP) is 5.48. The van der Waals surface area contributed by atoms with Crippen LogP contribution in [-0.4, -0.2) is 36.7 Å². The number of rotatable bonds is 8. The molecule has 0 bridgehead atoms. The molecule has 0 atom stereocenters. The van der Waals surface area contributed by atoms with Gasteiger partial charge in [-0.15, -0.1) is 23.1 Å². The fourth-order valence-corrected chi connectivity index (χ4v) is 7.11. The molecule has 0 saturated carbocycles. The lowest BCUT2D eigenvalue weighted by molar-refractivity contribution is 0.102. The Labute approximate surface area is 197 Å². The van der Waals surface area contributed by atoms with E-state index in [9.17, 15) is 13.2 Å². The number of anilines is 1. The monoisotopic (exact) mass is 487 g/mol. The summed E-state index contributed by atoms with van der Waals surface area (Å²) in [7, 11) is -3.57. The summed E-state index contributed by atoms with van der Waals surface area (Å²) < 4.78 is 27.2. The number of fused-ring (bicyclic) bond motifs is 3. The minimum Gasteiger partial charge on any atom is -0.298 e. The lowest BCUT2D eigenvalue weighted by atomic mass is 10.1. The van der Waals surface area contributed by atoms with Crippen molar-refractivity contribution in [2.24, 2.45) is 0 Å². The highest BCUT2D eigenvalue weighted by molar-refractivity contribution is 7.98. The molecule has 4 rings (SSSR count). The summed E-state index contributed by atoms with van der Waals surface area (Å²) in [5.74, 6) is 0.526. The molecule has 0 aliphatic carbocycles. The first-order chi connectivity index (χ1) is 15.4. The summed E-state index contributed by atoms with van der Waals surface area (Å²) in [5.41, 5.74) is 2.41. The second kappa shape index (κ2) is 9.74. The number of benzene rings is 2. The minimum absolute atomic E-state index is 0.199. The van der Waals surface area contributed by atoms with Crippen LogP contribution < -0.4 is 5.32 Å². The van der Waals surface area contributed by atoms with Crippen molar-refractivity contribution in [3.63, 3.8) is 0 Å². The van der Waals surface area contributed by atoms with Gasteiger partial charge in [0.05, 0.1) is 10.6 Å². The standard InChI is InChI=1S/C23H25N3O3S3/c1-3-5-14-26(4-2)32(28,29)17-12-10-16(11-13-17)22(27)25-23-24-21-18-8-6-7-9-19(18)30-15-20(21)31-23/h6-13H,3-5,14-15H2,1-2H3,(H,24,25,27). The highest BCUT2D eigenvalue weighted by atomic mass is 32.2. The van der Waals surface area contributed by atoms with Crippen LogP contribution in [0, 0.1) is 0 Å². The van der Waals surface area contributed by atoms with Crippen LogP contribution in [0.3, 0.4) is 0 Å². The zero-order valence-corrected chi connectivity index (χ0v) is 20.4. The van der Waals surface area contributed by atoms with Gasteiger partial charge in [-0.05, 0) is 36.8 Å². The van der Waals surface area contributed by atoms with Crippen LogP contribution in [-0.2, 0) is 15.8 Å². The van der Waals surface area contributed by atoms with Crippen molar-refractivity contribution in [2.75, 3.05) is 18.4 Å². The van der Waals surface area contributed by atoms with Crippen LogP contribution in [0.1, 0.15) is 41.9 Å². The summed E-state index contributed by atoms with van der Waals surface area (Å²) in [6.07, 6.45) is 1.74. The second-order valence-electron chi connectivity index (χ2n) is 7.40. The number of unbranched alkanes of at least 4 members (excludes halogenated alkanes) is 1. The average Bonchev–Trinajstić information content (AvgIpc) is 3.22. The molecule has 1 amide bonds. The number of carbonyl (C=O) groups excluding carboxylic acids is 1. The summed E-state index contributed by atoms with van der Waals surface area (Å²) in [6.45, 7) is 4.78. The first-order valence-corrected chi connectivity index (χ1v) is 13.8. The Bertz CT molecular complexity index is 1220. The van der Waals surface area contributed by atoms with E-state index in [-0.39, 0.29) is 10.8 Å². The molecular weight excluding hydrogens is 462 g/mol. The normalized spacial score (nSPS) is 13.0. The maximum Gasteiger partial charge on any atom is 0.257 e. The second-order valence-corrected chi connectivity index (χ2v) is 11.4. The van der Waals surface area contributed by atoms with E-state index >= 15 is 0 Å². The van der Waals surface area contributed by atoms with Gasteiger partial charge in [0, 0.05) is 39.7 Å². The van der Waals surface area contributed by atoms with Gasteiger partial charge < -0.3 is 0 Å². The maximum atomic E-state index is 12.9. The first-order valence-electron chi connectivity index (χ1n) is 10.6. The van der Waals surface area contributed by atoms with E-state index in [1.54, 1.807) is 23.9 Å². The Balaban J connectivity index is 1.49. The quantitative estimate of drug-likeness (QED) is 0.455. The van der Waals surface area contributed by atoms with Crippen LogP contribution >= 0.6 is 23.1 Å². The third-order valence-electron chi connectivity index (χ3n) is 5.29. The van der Waals surface area contributed by atoms with E-state index in [0.717, 1.165) is 34.7 Å². The number of aromatic nitrogens is 1. The molecule has 1 aromatic heterocycles. The summed E-state index contributed by atoms with van der Waals surface area (Å²) in [4.78, 5) is 19.9. The van der Waals surface area contributed by atoms with Gasteiger partial charge in [0.1, 0.15) is 0 Å². The van der Waals surface area contributed by atoms with Crippen LogP contribution in [0.25, 0.3) is 11.3 Å². The molecule has 32 heavy (non-hydrogen) atoms. The lowest BCUT2D eigenvalue weighted by Gasteiger charge is -2.20. The molecule has 9 heteroatoms. The zero-order valence-electron chi connectivity index (χ0n) is 18.0. The molecule has 3 aromatic rings. The smallest absolute Gasteiger partial charge is 0.257 e. The predicted molar refractivity (Wildman–Crippen MR) is 131 cm³/mol. The SMILES string of the molecule is CCCCN(CC)S(=O)(=O)c1ccc(C(=O)Nc2nc3c(s2)CSc2ccccc2-3)cc1. The van der Waals surface area contributed by atoms with Crippen molar-refractivity contribution in [3.8, 4) is 11.3 Å². The number of nitrogens with one attached hydrogen (secondary N) is 1. The number of hydrogen-bond acceptors (Lipinski definition) is 6. The van der Waals surface area contributed by atoms with Gasteiger partial charge >= 0.3 is 0 Å². The van der Waals surface area contributed by atoms with Gasteiger partial charge in [-0.3, -0.25) is 10.1 Å². The van der Waals surface area contributed by atoms with E-state index in [1.807, 2.05) is 32.0 Å². The van der Waals surface area contributed by atoms with Crippen molar-refractivity contribution >= 4 is 44.2 Å². The third kappa shape index (κ3) is 4.61. The highest BCUT2D eigenvalue weighted by Crippen LogP contribution is 2.44. The third-order valence-corrected chi connectivity index (χ3v) is 9.53. The molecule has 0 spiro atoms. The molecule has 1 N–H and O–H groups in total. The molecule has 2 aromatic carbocycles. The Morgan fingerprint density at radius 1 is 1.12 bits per heavy atom. The summed E-state index contributed by atoms with van der Waals surface area (Å²) in [5, 5.41) is 3.41. The molecule has 2 heterocycles. The van der Waals surface area contributed by atoms with Gasteiger partial charge in [0.2, 0.25) is 10.0 Å². The van der Waals surface area contributed by atoms with Crippen molar-refractivity contribution < 1.29 is 13.2 Å². The van der Waals surface area contributed by atoms with E-state index in [4.69, 9.17) is 0 Å². The number of thioether (sulfide) groups is 1. The molecule has 0 unspecified atom stereocenters. The number of carbonyl (C=O) groups is 1. The van der Waals surface area contributed by atoms with Crippen molar-refractivity contribution in [1.29, 1.82) is 0 Å². The Kier molecular flexibility index (Phi) is 6.99. The Hall–Kier alpha value is -2.20. The van der Waals surface area contributed by atoms with Crippen molar-refractivity contribution in [3.05, 3.63) is 59.0 Å². The van der Waals surface area contributed by atoms with Crippen molar-refractivity contribution in [2.45, 2.75) is 42.2 Å². The molecule has 0 radical (unpaired) electrons. The number of thiazole rings is 1.